The minimum absolute atomic E-state index is 0.0619. The molecule has 0 aliphatic heterocycles. The smallest absolute Gasteiger partial charge is 0.227 e. The van der Waals surface area contributed by atoms with Crippen LogP contribution in [0.15, 0.2) is 46.9 Å². The highest BCUT2D eigenvalue weighted by Crippen LogP contribution is 2.26. The molecule has 1 amide bonds. The molecule has 3 rings (SSSR count). The van der Waals surface area contributed by atoms with Crippen LogP contribution in [-0.2, 0) is 4.79 Å². The largest absolute Gasteiger partial charge is 0.436 e. The van der Waals surface area contributed by atoms with Gasteiger partial charge in [0, 0.05) is 17.2 Å². The second-order valence-electron chi connectivity index (χ2n) is 5.36. The standard InChI is InChI=1S/C17H15FN2O2/c1-10(2)16(21)19-13-6-7-15-14(9-13)20-17(22-15)11-4-3-5-12(18)8-11/h3-10H,1-2H3,(H,19,21). The van der Waals surface area contributed by atoms with Crippen LogP contribution in [-0.4, -0.2) is 10.9 Å². The highest BCUT2D eigenvalue weighted by molar-refractivity contribution is 5.94. The molecule has 3 aromatic rings. The molecular weight excluding hydrogens is 283 g/mol. The van der Waals surface area contributed by atoms with E-state index in [2.05, 4.69) is 10.3 Å². The summed E-state index contributed by atoms with van der Waals surface area (Å²) in [5, 5.41) is 2.81. The third kappa shape index (κ3) is 2.83. The van der Waals surface area contributed by atoms with Crippen LogP contribution in [0, 0.1) is 11.7 Å². The van der Waals surface area contributed by atoms with Crippen LogP contribution in [0.25, 0.3) is 22.6 Å². The minimum atomic E-state index is -0.343. The lowest BCUT2D eigenvalue weighted by molar-refractivity contribution is -0.118. The summed E-state index contributed by atoms with van der Waals surface area (Å²) in [6.45, 7) is 3.65. The molecule has 0 aliphatic rings. The number of hydrogen-bond acceptors (Lipinski definition) is 3. The fourth-order valence-electron chi connectivity index (χ4n) is 2.04. The number of benzene rings is 2. The average Bonchev–Trinajstić information content (AvgIpc) is 2.90. The van der Waals surface area contributed by atoms with Crippen LogP contribution < -0.4 is 5.32 Å². The summed E-state index contributed by atoms with van der Waals surface area (Å²) >= 11 is 0. The van der Waals surface area contributed by atoms with E-state index in [1.54, 1.807) is 30.3 Å². The number of amides is 1. The Kier molecular flexibility index (Phi) is 3.63. The summed E-state index contributed by atoms with van der Waals surface area (Å²) in [5.74, 6) is -0.157. The molecule has 0 atom stereocenters. The molecule has 1 N–H and O–H groups in total. The van der Waals surface area contributed by atoms with Crippen LogP contribution in [0.5, 0.6) is 0 Å². The molecule has 112 valence electrons. The fourth-order valence-corrected chi connectivity index (χ4v) is 2.04. The van der Waals surface area contributed by atoms with Crippen molar-refractivity contribution in [2.75, 3.05) is 5.32 Å². The van der Waals surface area contributed by atoms with E-state index in [1.165, 1.54) is 12.1 Å². The highest BCUT2D eigenvalue weighted by Gasteiger charge is 2.11. The first kappa shape index (κ1) is 14.3. The van der Waals surface area contributed by atoms with E-state index in [0.717, 1.165) is 0 Å². The predicted molar refractivity (Wildman–Crippen MR) is 82.9 cm³/mol. The van der Waals surface area contributed by atoms with Gasteiger partial charge in [0.25, 0.3) is 0 Å². The topological polar surface area (TPSA) is 55.1 Å². The van der Waals surface area contributed by atoms with Crippen molar-refractivity contribution >= 4 is 22.7 Å². The van der Waals surface area contributed by atoms with Crippen molar-refractivity contribution in [3.05, 3.63) is 48.3 Å². The number of anilines is 1. The van der Waals surface area contributed by atoms with Gasteiger partial charge in [-0.3, -0.25) is 4.79 Å². The molecule has 5 heteroatoms. The van der Waals surface area contributed by atoms with Gasteiger partial charge in [-0.1, -0.05) is 19.9 Å². The molecule has 4 nitrogen and oxygen atoms in total. The zero-order valence-electron chi connectivity index (χ0n) is 12.3. The Morgan fingerprint density at radius 1 is 1.23 bits per heavy atom. The summed E-state index contributed by atoms with van der Waals surface area (Å²) in [6, 6.07) is 11.3. The lowest BCUT2D eigenvalue weighted by Gasteiger charge is -2.06. The predicted octanol–water partition coefficient (Wildman–Crippen LogP) is 4.23. The van der Waals surface area contributed by atoms with Gasteiger partial charge in [0.2, 0.25) is 11.8 Å². The van der Waals surface area contributed by atoms with Gasteiger partial charge in [0.1, 0.15) is 11.3 Å². The SMILES string of the molecule is CC(C)C(=O)Nc1ccc2oc(-c3cccc(F)c3)nc2c1. The van der Waals surface area contributed by atoms with Crippen molar-refractivity contribution in [1.82, 2.24) is 4.98 Å². The lowest BCUT2D eigenvalue weighted by Crippen LogP contribution is -2.17. The Morgan fingerprint density at radius 3 is 2.77 bits per heavy atom. The van der Waals surface area contributed by atoms with Crippen LogP contribution in [0.3, 0.4) is 0 Å². The second-order valence-corrected chi connectivity index (χ2v) is 5.36. The maximum absolute atomic E-state index is 13.3. The monoisotopic (exact) mass is 298 g/mol. The molecule has 0 saturated carbocycles. The molecule has 0 fully saturated rings. The molecule has 0 bridgehead atoms. The van der Waals surface area contributed by atoms with E-state index < -0.39 is 0 Å². The average molecular weight is 298 g/mol. The van der Waals surface area contributed by atoms with E-state index in [-0.39, 0.29) is 17.6 Å². The Labute approximate surface area is 127 Å². The summed E-state index contributed by atoms with van der Waals surface area (Å²) in [4.78, 5) is 16.1. The summed E-state index contributed by atoms with van der Waals surface area (Å²) in [5.41, 5.74) is 2.43. The van der Waals surface area contributed by atoms with Gasteiger partial charge in [-0.25, -0.2) is 9.37 Å². The van der Waals surface area contributed by atoms with Crippen molar-refractivity contribution in [3.63, 3.8) is 0 Å². The molecular formula is C17H15FN2O2. The van der Waals surface area contributed by atoms with Gasteiger partial charge in [-0.05, 0) is 36.4 Å². The molecule has 0 unspecified atom stereocenters. The number of oxazole rings is 1. The van der Waals surface area contributed by atoms with E-state index in [4.69, 9.17) is 4.42 Å². The Hall–Kier alpha value is -2.69. The second kappa shape index (κ2) is 5.60. The lowest BCUT2D eigenvalue weighted by atomic mass is 10.2. The quantitative estimate of drug-likeness (QED) is 0.787. The Bertz CT molecular complexity index is 840. The van der Waals surface area contributed by atoms with Crippen molar-refractivity contribution < 1.29 is 13.6 Å². The zero-order valence-corrected chi connectivity index (χ0v) is 12.3. The molecule has 22 heavy (non-hydrogen) atoms. The molecule has 0 saturated heterocycles. The first-order valence-corrected chi connectivity index (χ1v) is 7.00. The normalized spacial score (nSPS) is 11.1. The van der Waals surface area contributed by atoms with E-state index in [1.807, 2.05) is 13.8 Å². The number of fused-ring (bicyclic) bond motifs is 1. The van der Waals surface area contributed by atoms with Gasteiger partial charge >= 0.3 is 0 Å². The molecule has 2 aromatic carbocycles. The van der Waals surface area contributed by atoms with Gasteiger partial charge in [-0.2, -0.15) is 0 Å². The first-order chi connectivity index (χ1) is 10.5. The maximum Gasteiger partial charge on any atom is 0.227 e. The maximum atomic E-state index is 13.3. The molecule has 1 heterocycles. The molecule has 1 aromatic heterocycles. The molecule has 0 aliphatic carbocycles. The Balaban J connectivity index is 1.95. The summed E-state index contributed by atoms with van der Waals surface area (Å²) < 4.78 is 18.9. The minimum Gasteiger partial charge on any atom is -0.436 e. The fraction of sp³-hybridized carbons (Fsp3) is 0.176. The van der Waals surface area contributed by atoms with Crippen molar-refractivity contribution in [2.45, 2.75) is 13.8 Å². The van der Waals surface area contributed by atoms with Crippen LogP contribution in [0.4, 0.5) is 10.1 Å². The van der Waals surface area contributed by atoms with Gasteiger partial charge in [0.05, 0.1) is 0 Å². The number of nitrogens with zero attached hydrogens (tertiary/aromatic N) is 1. The highest BCUT2D eigenvalue weighted by atomic mass is 19.1. The van der Waals surface area contributed by atoms with Gasteiger partial charge in [-0.15, -0.1) is 0 Å². The molecule has 0 spiro atoms. The van der Waals surface area contributed by atoms with Crippen molar-refractivity contribution in [2.24, 2.45) is 5.92 Å². The van der Waals surface area contributed by atoms with Crippen molar-refractivity contribution in [1.29, 1.82) is 0 Å². The zero-order chi connectivity index (χ0) is 15.7. The van der Waals surface area contributed by atoms with E-state index in [9.17, 15) is 9.18 Å². The number of halogens is 1. The molecule has 0 radical (unpaired) electrons. The number of carbonyl (C=O) groups excluding carboxylic acids is 1. The van der Waals surface area contributed by atoms with Crippen LogP contribution >= 0.6 is 0 Å². The van der Waals surface area contributed by atoms with Crippen LogP contribution in [0.1, 0.15) is 13.8 Å². The van der Waals surface area contributed by atoms with Crippen LogP contribution in [0.2, 0.25) is 0 Å². The van der Waals surface area contributed by atoms with Gasteiger partial charge in [0.15, 0.2) is 5.58 Å². The van der Waals surface area contributed by atoms with Crippen molar-refractivity contribution in [3.8, 4) is 11.5 Å². The third-order valence-electron chi connectivity index (χ3n) is 3.25. The van der Waals surface area contributed by atoms with E-state index in [0.29, 0.717) is 28.2 Å². The van der Waals surface area contributed by atoms with E-state index >= 15 is 0 Å². The van der Waals surface area contributed by atoms with Gasteiger partial charge < -0.3 is 9.73 Å². The first-order valence-electron chi connectivity index (χ1n) is 7.00. The Morgan fingerprint density at radius 2 is 2.05 bits per heavy atom. The summed E-state index contributed by atoms with van der Waals surface area (Å²) in [6.07, 6.45) is 0. The summed E-state index contributed by atoms with van der Waals surface area (Å²) in [7, 11) is 0. The number of carbonyl (C=O) groups is 1. The number of aromatic nitrogens is 1. The number of hydrogen-bond donors (Lipinski definition) is 1. The third-order valence-corrected chi connectivity index (χ3v) is 3.25. The number of rotatable bonds is 3. The number of nitrogens with one attached hydrogen (secondary N) is 1.